The molecule has 0 aliphatic carbocycles. The molecule has 1 aliphatic heterocycles. The van der Waals surface area contributed by atoms with Crippen LogP contribution in [0.2, 0.25) is 0 Å². The molecule has 5 rings (SSSR count). The monoisotopic (exact) mass is 431 g/mol. The van der Waals surface area contributed by atoms with Crippen molar-refractivity contribution in [3.63, 3.8) is 0 Å². The number of rotatable bonds is 5. The summed E-state index contributed by atoms with van der Waals surface area (Å²) in [6.45, 7) is 6.64. The van der Waals surface area contributed by atoms with Crippen molar-refractivity contribution in [2.75, 3.05) is 31.2 Å². The van der Waals surface area contributed by atoms with Crippen LogP contribution in [0.4, 0.5) is 5.82 Å². The molecule has 0 unspecified atom stereocenters. The Morgan fingerprint density at radius 3 is 2.62 bits per heavy atom. The van der Waals surface area contributed by atoms with Gasteiger partial charge in [-0.1, -0.05) is 30.3 Å². The molecule has 1 aromatic carbocycles. The Morgan fingerprint density at radius 2 is 1.88 bits per heavy atom. The van der Waals surface area contributed by atoms with Gasteiger partial charge in [-0.3, -0.25) is 9.20 Å². The molecule has 1 amide bonds. The molecule has 3 aromatic heterocycles. The Bertz CT molecular complexity index is 1240. The Morgan fingerprint density at radius 1 is 1.09 bits per heavy atom. The second-order valence-electron chi connectivity index (χ2n) is 8.01. The van der Waals surface area contributed by atoms with Gasteiger partial charge in [0, 0.05) is 43.2 Å². The number of amides is 1. The third-order valence-corrected chi connectivity index (χ3v) is 5.29. The first-order chi connectivity index (χ1) is 15.6. The van der Waals surface area contributed by atoms with Gasteiger partial charge in [-0.15, -0.1) is 0 Å². The molecule has 1 aliphatic rings. The normalized spacial score (nSPS) is 14.3. The lowest BCUT2D eigenvalue weighted by Gasteiger charge is -2.29. The first-order valence-electron chi connectivity index (χ1n) is 10.7. The first kappa shape index (κ1) is 20.2. The Balaban J connectivity index is 1.59. The first-order valence-corrected chi connectivity index (χ1v) is 10.7. The number of carbonyl (C=O) groups is 1. The van der Waals surface area contributed by atoms with E-state index in [1.165, 1.54) is 0 Å². The maximum absolute atomic E-state index is 12.6. The van der Waals surface area contributed by atoms with E-state index in [0.29, 0.717) is 30.5 Å². The second-order valence-corrected chi connectivity index (χ2v) is 8.01. The highest BCUT2D eigenvalue weighted by molar-refractivity contribution is 5.93. The van der Waals surface area contributed by atoms with Crippen LogP contribution in [0.5, 0.6) is 0 Å². The Kier molecular flexibility index (Phi) is 5.32. The standard InChI is InChI=1S/C23H25N7O2/c1-16(2)24-22(31)19-15-29-21(28-10-12-32-13-11-28)14-20(26-23(29)25-19)30-9-8-18(27-30)17-6-4-3-5-7-17/h3-9,14-16H,10-13H2,1-2H3,(H,24,31). The van der Waals surface area contributed by atoms with Crippen molar-refractivity contribution < 1.29 is 9.53 Å². The minimum absolute atomic E-state index is 0.0232. The number of nitrogens with zero attached hydrogens (tertiary/aromatic N) is 6. The minimum Gasteiger partial charge on any atom is -0.378 e. The SMILES string of the molecule is CC(C)NC(=O)c1cn2c(N3CCOCC3)cc(-n3ccc(-c4ccccc4)n3)nc2n1. The van der Waals surface area contributed by atoms with Crippen LogP contribution < -0.4 is 10.2 Å². The summed E-state index contributed by atoms with van der Waals surface area (Å²) in [6, 6.07) is 14.0. The molecule has 0 radical (unpaired) electrons. The van der Waals surface area contributed by atoms with Gasteiger partial charge in [-0.05, 0) is 19.9 Å². The van der Waals surface area contributed by atoms with E-state index in [2.05, 4.69) is 15.2 Å². The van der Waals surface area contributed by atoms with Crippen molar-refractivity contribution >= 4 is 17.5 Å². The number of nitrogens with one attached hydrogen (secondary N) is 1. The number of ether oxygens (including phenoxy) is 1. The van der Waals surface area contributed by atoms with E-state index in [1.807, 2.05) is 66.9 Å². The van der Waals surface area contributed by atoms with E-state index in [0.717, 1.165) is 30.2 Å². The average molecular weight is 432 g/mol. The summed E-state index contributed by atoms with van der Waals surface area (Å²) in [7, 11) is 0. The highest BCUT2D eigenvalue weighted by Gasteiger charge is 2.20. The molecule has 0 saturated carbocycles. The van der Waals surface area contributed by atoms with Gasteiger partial charge in [0.15, 0.2) is 5.82 Å². The Labute approximate surface area is 185 Å². The molecule has 1 fully saturated rings. The summed E-state index contributed by atoms with van der Waals surface area (Å²) in [4.78, 5) is 24.0. The van der Waals surface area contributed by atoms with Crippen molar-refractivity contribution in [1.82, 2.24) is 29.5 Å². The topological polar surface area (TPSA) is 89.6 Å². The van der Waals surface area contributed by atoms with Gasteiger partial charge in [0.1, 0.15) is 11.5 Å². The van der Waals surface area contributed by atoms with Crippen molar-refractivity contribution in [2.45, 2.75) is 19.9 Å². The van der Waals surface area contributed by atoms with Gasteiger partial charge < -0.3 is 15.0 Å². The maximum Gasteiger partial charge on any atom is 0.271 e. The molecular weight excluding hydrogens is 406 g/mol. The predicted molar refractivity (Wildman–Crippen MR) is 121 cm³/mol. The molecule has 0 spiro atoms. The lowest BCUT2D eigenvalue weighted by molar-refractivity contribution is 0.0938. The van der Waals surface area contributed by atoms with Crippen molar-refractivity contribution in [1.29, 1.82) is 0 Å². The number of imidazole rings is 1. The predicted octanol–water partition coefficient (Wildman–Crippen LogP) is 2.56. The molecule has 32 heavy (non-hydrogen) atoms. The van der Waals surface area contributed by atoms with E-state index in [1.54, 1.807) is 10.9 Å². The molecule has 1 N–H and O–H groups in total. The molecule has 164 valence electrons. The number of hydrogen-bond donors (Lipinski definition) is 1. The van der Waals surface area contributed by atoms with Gasteiger partial charge in [-0.2, -0.15) is 10.1 Å². The molecule has 9 heteroatoms. The molecular formula is C23H25N7O2. The van der Waals surface area contributed by atoms with E-state index < -0.39 is 0 Å². The van der Waals surface area contributed by atoms with Crippen LogP contribution >= 0.6 is 0 Å². The average Bonchev–Trinajstić information content (AvgIpc) is 3.47. The number of morpholine rings is 1. The maximum atomic E-state index is 12.6. The highest BCUT2D eigenvalue weighted by atomic mass is 16.5. The molecule has 0 bridgehead atoms. The van der Waals surface area contributed by atoms with Crippen LogP contribution in [0.1, 0.15) is 24.3 Å². The van der Waals surface area contributed by atoms with Crippen molar-refractivity contribution in [2.24, 2.45) is 0 Å². The van der Waals surface area contributed by atoms with Crippen LogP contribution in [0.3, 0.4) is 0 Å². The van der Waals surface area contributed by atoms with E-state index >= 15 is 0 Å². The summed E-state index contributed by atoms with van der Waals surface area (Å²) in [6.07, 6.45) is 3.63. The molecule has 0 atom stereocenters. The lowest BCUT2D eigenvalue weighted by Crippen LogP contribution is -2.37. The number of aromatic nitrogens is 5. The number of anilines is 1. The fourth-order valence-corrected chi connectivity index (χ4v) is 3.75. The number of carbonyl (C=O) groups excluding carboxylic acids is 1. The number of fused-ring (bicyclic) bond motifs is 1. The quantitative estimate of drug-likeness (QED) is 0.522. The fraction of sp³-hybridized carbons (Fsp3) is 0.304. The minimum atomic E-state index is -0.217. The second kappa shape index (κ2) is 8.43. The summed E-state index contributed by atoms with van der Waals surface area (Å²) in [5, 5.41) is 7.61. The van der Waals surface area contributed by atoms with Gasteiger partial charge in [0.25, 0.3) is 5.91 Å². The van der Waals surface area contributed by atoms with Crippen LogP contribution in [0.15, 0.2) is 54.9 Å². The number of benzene rings is 1. The van der Waals surface area contributed by atoms with E-state index in [4.69, 9.17) is 14.8 Å². The van der Waals surface area contributed by atoms with E-state index in [9.17, 15) is 4.79 Å². The smallest absolute Gasteiger partial charge is 0.271 e. The number of hydrogen-bond acceptors (Lipinski definition) is 6. The molecule has 9 nitrogen and oxygen atoms in total. The van der Waals surface area contributed by atoms with Gasteiger partial charge >= 0.3 is 0 Å². The lowest BCUT2D eigenvalue weighted by atomic mass is 10.2. The zero-order valence-corrected chi connectivity index (χ0v) is 18.1. The highest BCUT2D eigenvalue weighted by Crippen LogP contribution is 2.23. The molecule has 1 saturated heterocycles. The summed E-state index contributed by atoms with van der Waals surface area (Å²) < 4.78 is 9.14. The van der Waals surface area contributed by atoms with Crippen LogP contribution in [0.25, 0.3) is 22.9 Å². The zero-order valence-electron chi connectivity index (χ0n) is 18.1. The molecule has 4 aromatic rings. The zero-order chi connectivity index (χ0) is 22.1. The summed E-state index contributed by atoms with van der Waals surface area (Å²) in [5.41, 5.74) is 2.23. The third-order valence-electron chi connectivity index (χ3n) is 5.29. The van der Waals surface area contributed by atoms with Gasteiger partial charge in [-0.25, -0.2) is 9.67 Å². The Hall–Kier alpha value is -3.72. The van der Waals surface area contributed by atoms with E-state index in [-0.39, 0.29) is 11.9 Å². The summed E-state index contributed by atoms with van der Waals surface area (Å²) in [5.74, 6) is 1.78. The fourth-order valence-electron chi connectivity index (χ4n) is 3.75. The van der Waals surface area contributed by atoms with Gasteiger partial charge in [0.05, 0.1) is 18.9 Å². The largest absolute Gasteiger partial charge is 0.378 e. The van der Waals surface area contributed by atoms with Crippen LogP contribution in [-0.4, -0.2) is 62.4 Å². The van der Waals surface area contributed by atoms with Crippen LogP contribution in [0, 0.1) is 0 Å². The van der Waals surface area contributed by atoms with Crippen molar-refractivity contribution in [3.8, 4) is 17.1 Å². The van der Waals surface area contributed by atoms with Crippen LogP contribution in [-0.2, 0) is 4.74 Å². The molecule has 4 heterocycles. The van der Waals surface area contributed by atoms with Gasteiger partial charge in [0.2, 0.25) is 5.78 Å². The van der Waals surface area contributed by atoms with Crippen molar-refractivity contribution in [3.05, 3.63) is 60.6 Å². The summed E-state index contributed by atoms with van der Waals surface area (Å²) >= 11 is 0. The third kappa shape index (κ3) is 3.94.